The Kier molecular flexibility index (Phi) is 3.72. The van der Waals surface area contributed by atoms with Crippen molar-refractivity contribution in [2.45, 2.75) is 19.8 Å². The zero-order chi connectivity index (χ0) is 12.4. The molecule has 0 aliphatic carbocycles. The Hall–Kier alpha value is -1.03. The van der Waals surface area contributed by atoms with Crippen LogP contribution in [0.4, 0.5) is 5.69 Å². The number of nitrogen functional groups attached to an aromatic ring is 1. The van der Waals surface area contributed by atoms with Gasteiger partial charge in [0.05, 0.1) is 10.0 Å². The maximum Gasteiger partial charge on any atom is 0.255 e. The van der Waals surface area contributed by atoms with Crippen LogP contribution >= 0.6 is 15.9 Å². The van der Waals surface area contributed by atoms with E-state index in [1.165, 1.54) is 6.42 Å². The van der Waals surface area contributed by atoms with Gasteiger partial charge in [0.1, 0.15) is 0 Å². The van der Waals surface area contributed by atoms with E-state index >= 15 is 0 Å². The van der Waals surface area contributed by atoms with Crippen LogP contribution in [0.25, 0.3) is 0 Å². The van der Waals surface area contributed by atoms with Crippen molar-refractivity contribution in [2.24, 2.45) is 5.92 Å². The molecule has 1 fully saturated rings. The zero-order valence-corrected chi connectivity index (χ0v) is 11.5. The predicted octanol–water partition coefficient (Wildman–Crippen LogP) is 2.90. The molecule has 2 N–H and O–H groups in total. The second-order valence-electron chi connectivity index (χ2n) is 4.71. The Morgan fingerprint density at radius 3 is 3.00 bits per heavy atom. The van der Waals surface area contributed by atoms with Crippen molar-refractivity contribution in [3.63, 3.8) is 0 Å². The van der Waals surface area contributed by atoms with Crippen LogP contribution in [0.3, 0.4) is 0 Å². The van der Waals surface area contributed by atoms with Gasteiger partial charge in [0, 0.05) is 18.8 Å². The molecule has 0 aromatic heterocycles. The molecular formula is C13H17BrN2O. The molecule has 1 aliphatic heterocycles. The molecule has 0 saturated carbocycles. The van der Waals surface area contributed by atoms with Crippen molar-refractivity contribution in [3.8, 4) is 0 Å². The first-order valence-corrected chi connectivity index (χ1v) is 6.72. The van der Waals surface area contributed by atoms with E-state index in [0.29, 0.717) is 21.6 Å². The van der Waals surface area contributed by atoms with E-state index in [4.69, 9.17) is 5.73 Å². The number of hydrogen-bond acceptors (Lipinski definition) is 2. The first-order chi connectivity index (χ1) is 8.09. The van der Waals surface area contributed by atoms with E-state index in [1.807, 2.05) is 17.0 Å². The van der Waals surface area contributed by atoms with Gasteiger partial charge in [0.25, 0.3) is 5.91 Å². The normalized spacial score (nSPS) is 20.4. The third kappa shape index (κ3) is 2.63. The summed E-state index contributed by atoms with van der Waals surface area (Å²) in [5, 5.41) is 0. The maximum absolute atomic E-state index is 12.4. The number of halogens is 1. The number of piperidine rings is 1. The van der Waals surface area contributed by atoms with Gasteiger partial charge in [-0.05, 0) is 46.8 Å². The number of carbonyl (C=O) groups is 1. The van der Waals surface area contributed by atoms with Crippen molar-refractivity contribution < 1.29 is 4.79 Å². The molecule has 4 heteroatoms. The fourth-order valence-electron chi connectivity index (χ4n) is 2.26. The van der Waals surface area contributed by atoms with E-state index in [2.05, 4.69) is 22.9 Å². The van der Waals surface area contributed by atoms with Crippen LogP contribution in [0.1, 0.15) is 30.1 Å². The van der Waals surface area contributed by atoms with Crippen LogP contribution in [0, 0.1) is 5.92 Å². The smallest absolute Gasteiger partial charge is 0.255 e. The molecule has 2 rings (SSSR count). The number of rotatable bonds is 1. The number of carbonyl (C=O) groups excluding carboxylic acids is 1. The summed E-state index contributed by atoms with van der Waals surface area (Å²) in [5.41, 5.74) is 7.08. The molecule has 1 heterocycles. The van der Waals surface area contributed by atoms with Gasteiger partial charge in [-0.2, -0.15) is 0 Å². The first-order valence-electron chi connectivity index (χ1n) is 5.93. The Balaban J connectivity index is 2.22. The Morgan fingerprint density at radius 2 is 2.29 bits per heavy atom. The minimum Gasteiger partial charge on any atom is -0.398 e. The average molecular weight is 297 g/mol. The lowest BCUT2D eigenvalue weighted by molar-refractivity contribution is 0.0682. The molecule has 1 atom stereocenters. The molecular weight excluding hydrogens is 280 g/mol. The van der Waals surface area contributed by atoms with Crippen molar-refractivity contribution in [1.82, 2.24) is 4.90 Å². The molecule has 1 saturated heterocycles. The molecule has 1 aromatic rings. The highest BCUT2D eigenvalue weighted by atomic mass is 79.9. The minimum absolute atomic E-state index is 0.0794. The number of amides is 1. The number of anilines is 1. The number of likely N-dealkylation sites (tertiary alicyclic amines) is 1. The highest BCUT2D eigenvalue weighted by Gasteiger charge is 2.23. The summed E-state index contributed by atoms with van der Waals surface area (Å²) in [7, 11) is 0. The Morgan fingerprint density at radius 1 is 1.53 bits per heavy atom. The molecule has 1 aromatic carbocycles. The predicted molar refractivity (Wildman–Crippen MR) is 72.9 cm³/mol. The van der Waals surface area contributed by atoms with Gasteiger partial charge in [-0.1, -0.05) is 13.0 Å². The van der Waals surface area contributed by atoms with Crippen LogP contribution in [0.5, 0.6) is 0 Å². The quantitative estimate of drug-likeness (QED) is 0.810. The lowest BCUT2D eigenvalue weighted by Gasteiger charge is -2.31. The van der Waals surface area contributed by atoms with Crippen molar-refractivity contribution in [1.29, 1.82) is 0 Å². The van der Waals surface area contributed by atoms with Gasteiger partial charge in [-0.15, -0.1) is 0 Å². The van der Waals surface area contributed by atoms with Crippen LogP contribution in [0.2, 0.25) is 0 Å². The molecule has 1 aliphatic rings. The van der Waals surface area contributed by atoms with Crippen LogP contribution in [-0.4, -0.2) is 23.9 Å². The summed E-state index contributed by atoms with van der Waals surface area (Å²) >= 11 is 3.39. The highest BCUT2D eigenvalue weighted by molar-refractivity contribution is 9.10. The molecule has 1 amide bonds. The number of nitrogens with two attached hydrogens (primary N) is 1. The molecule has 3 nitrogen and oxygen atoms in total. The molecule has 1 unspecified atom stereocenters. The van der Waals surface area contributed by atoms with Gasteiger partial charge in [-0.3, -0.25) is 4.79 Å². The molecule has 17 heavy (non-hydrogen) atoms. The van der Waals surface area contributed by atoms with Crippen LogP contribution < -0.4 is 5.73 Å². The van der Waals surface area contributed by atoms with E-state index in [0.717, 1.165) is 19.5 Å². The number of hydrogen-bond donors (Lipinski definition) is 1. The number of benzene rings is 1. The fraction of sp³-hybridized carbons (Fsp3) is 0.462. The zero-order valence-electron chi connectivity index (χ0n) is 9.95. The molecule has 0 bridgehead atoms. The fourth-order valence-corrected chi connectivity index (χ4v) is 2.69. The third-order valence-corrected chi connectivity index (χ3v) is 4.09. The lowest BCUT2D eigenvalue weighted by Crippen LogP contribution is -2.39. The third-order valence-electron chi connectivity index (χ3n) is 3.20. The summed E-state index contributed by atoms with van der Waals surface area (Å²) in [4.78, 5) is 14.3. The standard InChI is InChI=1S/C13H17BrN2O/c1-9-4-3-7-16(8-9)13(17)10-5-2-6-11(15)12(10)14/h2,5-6,9H,3-4,7-8,15H2,1H3. The summed E-state index contributed by atoms with van der Waals surface area (Å²) in [6.45, 7) is 3.89. The van der Waals surface area contributed by atoms with Gasteiger partial charge >= 0.3 is 0 Å². The van der Waals surface area contributed by atoms with E-state index in [9.17, 15) is 4.79 Å². The summed E-state index contributed by atoms with van der Waals surface area (Å²) in [6.07, 6.45) is 2.30. The van der Waals surface area contributed by atoms with Crippen molar-refractivity contribution in [3.05, 3.63) is 28.2 Å². The summed E-state index contributed by atoms with van der Waals surface area (Å²) in [5.74, 6) is 0.670. The monoisotopic (exact) mass is 296 g/mol. The van der Waals surface area contributed by atoms with Crippen LogP contribution in [0.15, 0.2) is 22.7 Å². The maximum atomic E-state index is 12.4. The van der Waals surface area contributed by atoms with Crippen molar-refractivity contribution in [2.75, 3.05) is 18.8 Å². The van der Waals surface area contributed by atoms with Crippen LogP contribution in [-0.2, 0) is 0 Å². The Labute approximate surface area is 110 Å². The van der Waals surface area contributed by atoms with Gasteiger partial charge < -0.3 is 10.6 Å². The van der Waals surface area contributed by atoms with Gasteiger partial charge in [0.15, 0.2) is 0 Å². The second-order valence-corrected chi connectivity index (χ2v) is 5.50. The van der Waals surface area contributed by atoms with E-state index in [-0.39, 0.29) is 5.91 Å². The first kappa shape index (κ1) is 12.4. The topological polar surface area (TPSA) is 46.3 Å². The summed E-state index contributed by atoms with van der Waals surface area (Å²) in [6, 6.07) is 5.43. The molecule has 92 valence electrons. The summed E-state index contributed by atoms with van der Waals surface area (Å²) < 4.78 is 0.711. The Bertz CT molecular complexity index is 433. The van der Waals surface area contributed by atoms with Gasteiger partial charge in [-0.25, -0.2) is 0 Å². The van der Waals surface area contributed by atoms with Gasteiger partial charge in [0.2, 0.25) is 0 Å². The SMILES string of the molecule is CC1CCCN(C(=O)c2cccc(N)c2Br)C1. The second kappa shape index (κ2) is 5.08. The molecule has 0 radical (unpaired) electrons. The largest absolute Gasteiger partial charge is 0.398 e. The lowest BCUT2D eigenvalue weighted by atomic mass is 9.99. The highest BCUT2D eigenvalue weighted by Crippen LogP contribution is 2.26. The minimum atomic E-state index is 0.0794. The average Bonchev–Trinajstić information content (AvgIpc) is 2.32. The van der Waals surface area contributed by atoms with E-state index < -0.39 is 0 Å². The van der Waals surface area contributed by atoms with E-state index in [1.54, 1.807) is 6.07 Å². The molecule has 0 spiro atoms. The number of nitrogens with zero attached hydrogens (tertiary/aromatic N) is 1. The van der Waals surface area contributed by atoms with Crippen molar-refractivity contribution >= 4 is 27.5 Å².